The Hall–Kier alpha value is -2.86. The summed E-state index contributed by atoms with van der Waals surface area (Å²) in [5.74, 6) is 0.0241. The summed E-state index contributed by atoms with van der Waals surface area (Å²) in [6, 6.07) is 15.8. The molecule has 0 aliphatic rings. The van der Waals surface area contributed by atoms with Gasteiger partial charge in [0.15, 0.2) is 0 Å². The standard InChI is InChI=1S/C18H21N3O3/c1-24-15-9-7-13(8-10-15)11-20-16(22)12-21-17(18(19)23)14-5-3-2-4-6-14/h2-10,17,21H,11-12H2,1H3,(H2,19,23)(H,20,22). The van der Waals surface area contributed by atoms with Gasteiger partial charge in [-0.05, 0) is 23.3 Å². The number of hydrogen-bond donors (Lipinski definition) is 3. The summed E-state index contributed by atoms with van der Waals surface area (Å²) in [5.41, 5.74) is 7.09. The van der Waals surface area contributed by atoms with Crippen LogP contribution in [-0.2, 0) is 16.1 Å². The Balaban J connectivity index is 1.83. The van der Waals surface area contributed by atoms with Crippen LogP contribution in [0.25, 0.3) is 0 Å². The second kappa shape index (κ2) is 8.69. The fourth-order valence-electron chi connectivity index (χ4n) is 2.23. The lowest BCUT2D eigenvalue weighted by atomic mass is 10.1. The van der Waals surface area contributed by atoms with Gasteiger partial charge in [-0.25, -0.2) is 0 Å². The third kappa shape index (κ3) is 5.10. The second-order valence-corrected chi connectivity index (χ2v) is 5.25. The number of rotatable bonds is 8. The Morgan fingerprint density at radius 1 is 1.08 bits per heavy atom. The molecule has 0 aliphatic carbocycles. The van der Waals surface area contributed by atoms with Crippen molar-refractivity contribution < 1.29 is 14.3 Å². The van der Waals surface area contributed by atoms with Crippen LogP contribution in [0.5, 0.6) is 5.75 Å². The van der Waals surface area contributed by atoms with Gasteiger partial charge >= 0.3 is 0 Å². The van der Waals surface area contributed by atoms with Gasteiger partial charge in [0.05, 0.1) is 13.7 Å². The molecule has 126 valence electrons. The first-order valence-electron chi connectivity index (χ1n) is 7.57. The van der Waals surface area contributed by atoms with Crippen molar-refractivity contribution in [1.29, 1.82) is 0 Å². The molecule has 0 spiro atoms. The largest absolute Gasteiger partial charge is 0.497 e. The normalized spacial score (nSPS) is 11.5. The van der Waals surface area contributed by atoms with Gasteiger partial charge in [-0.3, -0.25) is 14.9 Å². The molecule has 24 heavy (non-hydrogen) atoms. The zero-order chi connectivity index (χ0) is 17.4. The van der Waals surface area contributed by atoms with Crippen molar-refractivity contribution in [3.8, 4) is 5.75 Å². The van der Waals surface area contributed by atoms with E-state index in [1.54, 1.807) is 19.2 Å². The average Bonchev–Trinajstić information content (AvgIpc) is 2.61. The molecule has 0 bridgehead atoms. The molecule has 2 amide bonds. The van der Waals surface area contributed by atoms with E-state index in [0.717, 1.165) is 16.9 Å². The zero-order valence-corrected chi connectivity index (χ0v) is 13.5. The van der Waals surface area contributed by atoms with E-state index in [-0.39, 0.29) is 12.5 Å². The quantitative estimate of drug-likeness (QED) is 0.677. The molecule has 2 aromatic rings. The number of nitrogens with two attached hydrogens (primary N) is 1. The first kappa shape index (κ1) is 17.5. The molecular weight excluding hydrogens is 306 g/mol. The minimum atomic E-state index is -0.696. The smallest absolute Gasteiger partial charge is 0.239 e. The van der Waals surface area contributed by atoms with Gasteiger partial charge in [0.1, 0.15) is 11.8 Å². The van der Waals surface area contributed by atoms with Gasteiger partial charge < -0.3 is 15.8 Å². The zero-order valence-electron chi connectivity index (χ0n) is 13.5. The van der Waals surface area contributed by atoms with Crippen LogP contribution < -0.4 is 21.1 Å². The maximum Gasteiger partial charge on any atom is 0.239 e. The average molecular weight is 327 g/mol. The monoisotopic (exact) mass is 327 g/mol. The van der Waals surface area contributed by atoms with Gasteiger partial charge in [-0.2, -0.15) is 0 Å². The summed E-state index contributed by atoms with van der Waals surface area (Å²) in [6.45, 7) is 0.399. The fourth-order valence-corrected chi connectivity index (χ4v) is 2.23. The molecule has 4 N–H and O–H groups in total. The lowest BCUT2D eigenvalue weighted by molar-refractivity contribution is -0.122. The van der Waals surface area contributed by atoms with Crippen molar-refractivity contribution in [1.82, 2.24) is 10.6 Å². The molecule has 0 saturated carbocycles. The Kier molecular flexibility index (Phi) is 6.33. The summed E-state index contributed by atoms with van der Waals surface area (Å²) < 4.78 is 5.08. The first-order chi connectivity index (χ1) is 11.6. The van der Waals surface area contributed by atoms with Gasteiger partial charge in [0.2, 0.25) is 11.8 Å². The summed E-state index contributed by atoms with van der Waals surface area (Å²) in [5, 5.41) is 5.67. The van der Waals surface area contributed by atoms with E-state index in [2.05, 4.69) is 10.6 Å². The highest BCUT2D eigenvalue weighted by Gasteiger charge is 2.17. The molecule has 6 nitrogen and oxygen atoms in total. The number of methoxy groups -OCH3 is 1. The summed E-state index contributed by atoms with van der Waals surface area (Å²) in [7, 11) is 1.60. The number of carbonyl (C=O) groups excluding carboxylic acids is 2. The molecule has 2 aromatic carbocycles. The topological polar surface area (TPSA) is 93.4 Å². The number of ether oxygens (including phenoxy) is 1. The lowest BCUT2D eigenvalue weighted by Gasteiger charge is -2.15. The number of primary amides is 1. The van der Waals surface area contributed by atoms with E-state index in [0.29, 0.717) is 6.54 Å². The summed E-state index contributed by atoms with van der Waals surface area (Å²) in [6.07, 6.45) is 0. The number of carbonyl (C=O) groups is 2. The molecule has 0 heterocycles. The van der Waals surface area contributed by atoms with Crippen molar-refractivity contribution >= 4 is 11.8 Å². The molecular formula is C18H21N3O3. The highest BCUT2D eigenvalue weighted by atomic mass is 16.5. The predicted octanol–water partition coefficient (Wildman–Crippen LogP) is 1.13. The molecule has 6 heteroatoms. The van der Waals surface area contributed by atoms with Crippen molar-refractivity contribution in [3.05, 3.63) is 65.7 Å². The van der Waals surface area contributed by atoms with Crippen molar-refractivity contribution in [2.75, 3.05) is 13.7 Å². The Labute approximate surface area is 141 Å². The second-order valence-electron chi connectivity index (χ2n) is 5.25. The van der Waals surface area contributed by atoms with E-state index >= 15 is 0 Å². The molecule has 0 aromatic heterocycles. The number of amides is 2. The van der Waals surface area contributed by atoms with Crippen LogP contribution in [0.4, 0.5) is 0 Å². The molecule has 0 radical (unpaired) electrons. The van der Waals surface area contributed by atoms with Gasteiger partial charge in [0.25, 0.3) is 0 Å². The molecule has 1 atom stereocenters. The van der Waals surface area contributed by atoms with Crippen LogP contribution >= 0.6 is 0 Å². The number of benzene rings is 2. The maximum absolute atomic E-state index is 11.9. The third-order valence-electron chi connectivity index (χ3n) is 3.53. The van der Waals surface area contributed by atoms with Crippen LogP contribution in [0.2, 0.25) is 0 Å². The summed E-state index contributed by atoms with van der Waals surface area (Å²) >= 11 is 0. The lowest BCUT2D eigenvalue weighted by Crippen LogP contribution is -2.40. The van der Waals surface area contributed by atoms with E-state index in [9.17, 15) is 9.59 Å². The van der Waals surface area contributed by atoms with E-state index in [1.165, 1.54) is 0 Å². The highest BCUT2D eigenvalue weighted by molar-refractivity contribution is 5.83. The van der Waals surface area contributed by atoms with Gasteiger partial charge in [0, 0.05) is 6.54 Å². The minimum absolute atomic E-state index is 0.00133. The minimum Gasteiger partial charge on any atom is -0.497 e. The van der Waals surface area contributed by atoms with Crippen LogP contribution in [-0.4, -0.2) is 25.5 Å². The molecule has 2 rings (SSSR count). The third-order valence-corrected chi connectivity index (χ3v) is 3.53. The predicted molar refractivity (Wildman–Crippen MR) is 91.2 cm³/mol. The Morgan fingerprint density at radius 2 is 1.75 bits per heavy atom. The van der Waals surface area contributed by atoms with E-state index in [1.807, 2.05) is 42.5 Å². The van der Waals surface area contributed by atoms with E-state index < -0.39 is 11.9 Å². The van der Waals surface area contributed by atoms with Gasteiger partial charge in [-0.1, -0.05) is 42.5 Å². The SMILES string of the molecule is COc1ccc(CNC(=O)CNC(C(N)=O)c2ccccc2)cc1. The molecule has 1 unspecified atom stereocenters. The van der Waals surface area contributed by atoms with Crippen LogP contribution in [0.1, 0.15) is 17.2 Å². The van der Waals surface area contributed by atoms with E-state index in [4.69, 9.17) is 10.5 Å². The molecule has 0 fully saturated rings. The number of nitrogens with one attached hydrogen (secondary N) is 2. The Morgan fingerprint density at radius 3 is 2.33 bits per heavy atom. The van der Waals surface area contributed by atoms with Crippen molar-refractivity contribution in [3.63, 3.8) is 0 Å². The first-order valence-corrected chi connectivity index (χ1v) is 7.57. The van der Waals surface area contributed by atoms with Crippen LogP contribution in [0, 0.1) is 0 Å². The number of hydrogen-bond acceptors (Lipinski definition) is 4. The highest BCUT2D eigenvalue weighted by Crippen LogP contribution is 2.12. The fraction of sp³-hybridized carbons (Fsp3) is 0.222. The molecule has 0 saturated heterocycles. The van der Waals surface area contributed by atoms with Crippen LogP contribution in [0.15, 0.2) is 54.6 Å². The maximum atomic E-state index is 11.9. The summed E-state index contributed by atoms with van der Waals surface area (Å²) in [4.78, 5) is 23.5. The van der Waals surface area contributed by atoms with Crippen molar-refractivity contribution in [2.45, 2.75) is 12.6 Å². The molecule has 0 aliphatic heterocycles. The van der Waals surface area contributed by atoms with Gasteiger partial charge in [-0.15, -0.1) is 0 Å². The van der Waals surface area contributed by atoms with Crippen LogP contribution in [0.3, 0.4) is 0 Å². The Bertz CT molecular complexity index is 672. The van der Waals surface area contributed by atoms with Crippen molar-refractivity contribution in [2.24, 2.45) is 5.73 Å².